The van der Waals surface area contributed by atoms with Crippen molar-refractivity contribution in [2.45, 2.75) is 39.2 Å². The second-order valence-electron chi connectivity index (χ2n) is 5.90. The van der Waals surface area contributed by atoms with Crippen LogP contribution in [-0.4, -0.2) is 31.1 Å². The molecule has 1 N–H and O–H groups in total. The van der Waals surface area contributed by atoms with Crippen LogP contribution in [0.4, 0.5) is 4.39 Å². The summed E-state index contributed by atoms with van der Waals surface area (Å²) in [6.45, 7) is 8.62. The lowest BCUT2D eigenvalue weighted by Gasteiger charge is -2.33. The molecular weight excluding hydrogens is 251 g/mol. The van der Waals surface area contributed by atoms with Crippen molar-refractivity contribution in [2.24, 2.45) is 5.92 Å². The molecule has 1 aliphatic rings. The number of likely N-dealkylation sites (tertiary alicyclic amines) is 1. The van der Waals surface area contributed by atoms with E-state index in [0.717, 1.165) is 18.7 Å². The van der Waals surface area contributed by atoms with E-state index in [2.05, 4.69) is 24.1 Å². The minimum atomic E-state index is -0.0936. The van der Waals surface area contributed by atoms with Gasteiger partial charge in [-0.15, -0.1) is 0 Å². The summed E-state index contributed by atoms with van der Waals surface area (Å²) in [4.78, 5) is 2.53. The molecule has 2 nitrogen and oxygen atoms in total. The predicted octanol–water partition coefficient (Wildman–Crippen LogP) is 3.60. The summed E-state index contributed by atoms with van der Waals surface area (Å²) in [5.41, 5.74) is 0.804. The lowest BCUT2D eigenvalue weighted by Crippen LogP contribution is -2.38. The number of halogens is 1. The monoisotopic (exact) mass is 278 g/mol. The van der Waals surface area contributed by atoms with Crippen molar-refractivity contribution in [2.75, 3.05) is 26.2 Å². The van der Waals surface area contributed by atoms with Crippen LogP contribution >= 0.6 is 0 Å². The first-order chi connectivity index (χ1) is 9.72. The van der Waals surface area contributed by atoms with E-state index in [9.17, 15) is 4.39 Å². The van der Waals surface area contributed by atoms with Gasteiger partial charge in [-0.05, 0) is 44.5 Å². The zero-order valence-electron chi connectivity index (χ0n) is 12.7. The van der Waals surface area contributed by atoms with E-state index in [0.29, 0.717) is 5.92 Å². The maximum Gasteiger partial charge on any atom is 0.127 e. The van der Waals surface area contributed by atoms with Crippen molar-refractivity contribution < 1.29 is 4.39 Å². The van der Waals surface area contributed by atoms with Gasteiger partial charge in [-0.1, -0.05) is 38.5 Å². The van der Waals surface area contributed by atoms with Gasteiger partial charge in [0.15, 0.2) is 0 Å². The van der Waals surface area contributed by atoms with Gasteiger partial charge in [-0.3, -0.25) is 0 Å². The minimum absolute atomic E-state index is 0.0936. The number of rotatable bonds is 6. The molecule has 0 radical (unpaired) electrons. The molecule has 1 heterocycles. The molecule has 1 fully saturated rings. The Morgan fingerprint density at radius 2 is 1.90 bits per heavy atom. The summed E-state index contributed by atoms with van der Waals surface area (Å²) < 4.78 is 14.0. The zero-order valence-corrected chi connectivity index (χ0v) is 12.7. The second kappa shape index (κ2) is 7.75. The lowest BCUT2D eigenvalue weighted by molar-refractivity contribution is 0.181. The number of hydrogen-bond donors (Lipinski definition) is 1. The number of piperidine rings is 1. The van der Waals surface area contributed by atoms with Crippen molar-refractivity contribution in [3.63, 3.8) is 0 Å². The van der Waals surface area contributed by atoms with E-state index in [1.165, 1.54) is 32.4 Å². The molecule has 2 atom stereocenters. The lowest BCUT2D eigenvalue weighted by atomic mass is 9.93. The molecule has 0 aliphatic carbocycles. The van der Waals surface area contributed by atoms with Gasteiger partial charge in [0.1, 0.15) is 5.82 Å². The normalized spacial score (nSPS) is 19.8. The average molecular weight is 278 g/mol. The molecule has 0 bridgehead atoms. The Balaban J connectivity index is 2.05. The molecule has 112 valence electrons. The van der Waals surface area contributed by atoms with Crippen molar-refractivity contribution in [1.82, 2.24) is 10.2 Å². The maximum atomic E-state index is 14.0. The van der Waals surface area contributed by atoms with Gasteiger partial charge in [0, 0.05) is 18.2 Å². The summed E-state index contributed by atoms with van der Waals surface area (Å²) in [6, 6.07) is 7.26. The van der Waals surface area contributed by atoms with Crippen LogP contribution < -0.4 is 5.32 Å². The molecule has 1 aliphatic heterocycles. The largest absolute Gasteiger partial charge is 0.310 e. The van der Waals surface area contributed by atoms with E-state index in [1.54, 1.807) is 12.1 Å². The summed E-state index contributed by atoms with van der Waals surface area (Å²) in [7, 11) is 0. The topological polar surface area (TPSA) is 15.3 Å². The highest BCUT2D eigenvalue weighted by molar-refractivity contribution is 5.22. The minimum Gasteiger partial charge on any atom is -0.310 e. The molecule has 0 amide bonds. The van der Waals surface area contributed by atoms with Crippen LogP contribution in [-0.2, 0) is 0 Å². The molecule has 0 saturated carbocycles. The standard InChI is InChI=1S/C17H27FN2/c1-3-19-17(15-9-5-6-10-16(15)18)14(2)13-20-11-7-4-8-12-20/h5-6,9-10,14,17,19H,3-4,7-8,11-13H2,1-2H3. The first-order valence-electron chi connectivity index (χ1n) is 7.92. The van der Waals surface area contributed by atoms with Crippen LogP contribution in [0.2, 0.25) is 0 Å². The average Bonchev–Trinajstić information content (AvgIpc) is 2.47. The molecule has 1 saturated heterocycles. The quantitative estimate of drug-likeness (QED) is 0.855. The Kier molecular flexibility index (Phi) is 5.99. The smallest absolute Gasteiger partial charge is 0.127 e. The first kappa shape index (κ1) is 15.5. The third-order valence-corrected chi connectivity index (χ3v) is 4.23. The van der Waals surface area contributed by atoms with Gasteiger partial charge >= 0.3 is 0 Å². The van der Waals surface area contributed by atoms with Gasteiger partial charge < -0.3 is 10.2 Å². The van der Waals surface area contributed by atoms with Gasteiger partial charge in [0.2, 0.25) is 0 Å². The van der Waals surface area contributed by atoms with Gasteiger partial charge in [0.05, 0.1) is 0 Å². The molecule has 2 rings (SSSR count). The van der Waals surface area contributed by atoms with Crippen molar-refractivity contribution >= 4 is 0 Å². The highest BCUT2D eigenvalue weighted by Gasteiger charge is 2.23. The molecule has 0 aromatic heterocycles. The molecule has 1 aromatic rings. The highest BCUT2D eigenvalue weighted by Crippen LogP contribution is 2.26. The van der Waals surface area contributed by atoms with Crippen molar-refractivity contribution in [1.29, 1.82) is 0 Å². The summed E-state index contributed by atoms with van der Waals surface area (Å²) in [5, 5.41) is 3.46. The number of nitrogens with one attached hydrogen (secondary N) is 1. The summed E-state index contributed by atoms with van der Waals surface area (Å²) in [6.07, 6.45) is 3.96. The van der Waals surface area contributed by atoms with Crippen molar-refractivity contribution in [3.05, 3.63) is 35.6 Å². The maximum absolute atomic E-state index is 14.0. The van der Waals surface area contributed by atoms with E-state index >= 15 is 0 Å². The summed E-state index contributed by atoms with van der Waals surface area (Å²) >= 11 is 0. The third kappa shape index (κ3) is 4.03. The van der Waals surface area contributed by atoms with Crippen LogP contribution in [0.1, 0.15) is 44.7 Å². The Morgan fingerprint density at radius 1 is 1.20 bits per heavy atom. The Bertz CT molecular complexity index is 402. The molecule has 3 heteroatoms. The molecule has 20 heavy (non-hydrogen) atoms. The highest BCUT2D eigenvalue weighted by atomic mass is 19.1. The fourth-order valence-corrected chi connectivity index (χ4v) is 3.22. The van der Waals surface area contributed by atoms with Gasteiger partial charge in [0.25, 0.3) is 0 Å². The van der Waals surface area contributed by atoms with E-state index in [4.69, 9.17) is 0 Å². The van der Waals surface area contributed by atoms with Gasteiger partial charge in [-0.25, -0.2) is 4.39 Å². The number of hydrogen-bond acceptors (Lipinski definition) is 2. The fraction of sp³-hybridized carbons (Fsp3) is 0.647. The molecular formula is C17H27FN2. The zero-order chi connectivity index (χ0) is 14.4. The molecule has 2 unspecified atom stereocenters. The predicted molar refractivity (Wildman–Crippen MR) is 82.3 cm³/mol. The number of nitrogens with zero attached hydrogens (tertiary/aromatic N) is 1. The SMILES string of the molecule is CCNC(c1ccccc1F)C(C)CN1CCCCC1. The van der Waals surface area contributed by atoms with Crippen LogP contribution in [0.5, 0.6) is 0 Å². The Morgan fingerprint density at radius 3 is 2.55 bits per heavy atom. The van der Waals surface area contributed by atoms with Crippen LogP contribution in [0.15, 0.2) is 24.3 Å². The molecule has 1 aromatic carbocycles. The van der Waals surface area contributed by atoms with E-state index in [1.807, 2.05) is 12.1 Å². The Hall–Kier alpha value is -0.930. The first-order valence-corrected chi connectivity index (χ1v) is 7.92. The van der Waals surface area contributed by atoms with Crippen molar-refractivity contribution in [3.8, 4) is 0 Å². The van der Waals surface area contributed by atoms with Crippen LogP contribution in [0.3, 0.4) is 0 Å². The third-order valence-electron chi connectivity index (χ3n) is 4.23. The van der Waals surface area contributed by atoms with Gasteiger partial charge in [-0.2, -0.15) is 0 Å². The molecule has 0 spiro atoms. The second-order valence-corrected chi connectivity index (χ2v) is 5.90. The van der Waals surface area contributed by atoms with Crippen LogP contribution in [0.25, 0.3) is 0 Å². The Labute approximate surface area is 122 Å². The van der Waals surface area contributed by atoms with Crippen LogP contribution in [0, 0.1) is 11.7 Å². The number of benzene rings is 1. The fourth-order valence-electron chi connectivity index (χ4n) is 3.22. The van der Waals surface area contributed by atoms with E-state index in [-0.39, 0.29) is 11.9 Å². The van der Waals surface area contributed by atoms with E-state index < -0.39 is 0 Å². The summed E-state index contributed by atoms with van der Waals surface area (Å²) in [5.74, 6) is 0.314.